The van der Waals surface area contributed by atoms with Crippen LogP contribution in [0.1, 0.15) is 24.4 Å². The van der Waals surface area contributed by atoms with Crippen molar-refractivity contribution in [2.75, 3.05) is 33.4 Å². The lowest BCUT2D eigenvalue weighted by atomic mass is 10.1. The van der Waals surface area contributed by atoms with Crippen LogP contribution >= 0.6 is 0 Å². The first-order valence-corrected chi connectivity index (χ1v) is 9.09. The number of amides is 1. The standard InChI is InChI=1S/C21H26N2O3/c1-25-19-11-5-6-12-20(19)26-16-21(24)22-18(15-23-13-7-8-14-23)17-9-3-2-4-10-17/h2-6,9-12,18H,7-8,13-16H2,1H3,(H,22,24). The zero-order valence-corrected chi connectivity index (χ0v) is 15.2. The van der Waals surface area contributed by atoms with Crippen molar-refractivity contribution in [3.63, 3.8) is 0 Å². The van der Waals surface area contributed by atoms with E-state index in [0.717, 1.165) is 25.2 Å². The lowest BCUT2D eigenvalue weighted by Gasteiger charge is -2.25. The van der Waals surface area contributed by atoms with Gasteiger partial charge in [-0.05, 0) is 43.6 Å². The Hall–Kier alpha value is -2.53. The van der Waals surface area contributed by atoms with Gasteiger partial charge in [-0.3, -0.25) is 4.79 Å². The SMILES string of the molecule is COc1ccccc1OCC(=O)NC(CN1CCCC1)c1ccccc1. The first-order chi connectivity index (χ1) is 12.8. The second-order valence-corrected chi connectivity index (χ2v) is 6.48. The Bertz CT molecular complexity index is 699. The molecule has 1 saturated heterocycles. The Morgan fingerprint density at radius 3 is 2.38 bits per heavy atom. The number of methoxy groups -OCH3 is 1. The molecule has 1 atom stereocenters. The Morgan fingerprint density at radius 2 is 1.69 bits per heavy atom. The van der Waals surface area contributed by atoms with Crippen LogP contribution in [0.25, 0.3) is 0 Å². The number of likely N-dealkylation sites (tertiary alicyclic amines) is 1. The van der Waals surface area contributed by atoms with Gasteiger partial charge in [0.2, 0.25) is 0 Å². The van der Waals surface area contributed by atoms with Crippen molar-refractivity contribution in [3.8, 4) is 11.5 Å². The number of carbonyl (C=O) groups is 1. The molecule has 0 saturated carbocycles. The summed E-state index contributed by atoms with van der Waals surface area (Å²) in [7, 11) is 1.59. The van der Waals surface area contributed by atoms with Crippen LogP contribution in [0, 0.1) is 0 Å². The molecule has 1 amide bonds. The molecule has 1 aliphatic rings. The highest BCUT2D eigenvalue weighted by molar-refractivity contribution is 5.78. The number of hydrogen-bond donors (Lipinski definition) is 1. The summed E-state index contributed by atoms with van der Waals surface area (Å²) in [5, 5.41) is 3.12. The molecule has 2 aromatic rings. The summed E-state index contributed by atoms with van der Waals surface area (Å²) in [5.41, 5.74) is 1.12. The second-order valence-electron chi connectivity index (χ2n) is 6.48. The molecule has 0 spiro atoms. The van der Waals surface area contributed by atoms with E-state index < -0.39 is 0 Å². The van der Waals surface area contributed by atoms with Gasteiger partial charge in [0.1, 0.15) is 0 Å². The number of hydrogen-bond acceptors (Lipinski definition) is 4. The fourth-order valence-electron chi connectivity index (χ4n) is 3.26. The normalized spacial score (nSPS) is 15.4. The van der Waals surface area contributed by atoms with Crippen molar-refractivity contribution in [2.24, 2.45) is 0 Å². The number of nitrogens with one attached hydrogen (secondary N) is 1. The molecule has 26 heavy (non-hydrogen) atoms. The quantitative estimate of drug-likeness (QED) is 0.792. The summed E-state index contributed by atoms with van der Waals surface area (Å²) < 4.78 is 10.9. The van der Waals surface area contributed by atoms with Crippen LogP contribution < -0.4 is 14.8 Å². The highest BCUT2D eigenvalue weighted by atomic mass is 16.5. The molecule has 1 heterocycles. The van der Waals surface area contributed by atoms with Crippen LogP contribution in [-0.2, 0) is 4.79 Å². The first kappa shape index (κ1) is 18.3. The molecule has 0 aromatic heterocycles. The van der Waals surface area contributed by atoms with Crippen LogP contribution in [0.5, 0.6) is 11.5 Å². The average Bonchev–Trinajstić information content (AvgIpc) is 3.20. The van der Waals surface area contributed by atoms with Gasteiger partial charge in [0.15, 0.2) is 18.1 Å². The maximum absolute atomic E-state index is 12.5. The van der Waals surface area contributed by atoms with E-state index in [1.165, 1.54) is 12.8 Å². The first-order valence-electron chi connectivity index (χ1n) is 9.09. The van der Waals surface area contributed by atoms with E-state index in [1.54, 1.807) is 13.2 Å². The van der Waals surface area contributed by atoms with E-state index in [0.29, 0.717) is 11.5 Å². The number of nitrogens with zero attached hydrogens (tertiary/aromatic N) is 1. The third kappa shape index (κ3) is 4.99. The van der Waals surface area contributed by atoms with E-state index in [-0.39, 0.29) is 18.6 Å². The van der Waals surface area contributed by atoms with Gasteiger partial charge in [0.05, 0.1) is 13.2 Å². The van der Waals surface area contributed by atoms with Crippen molar-refractivity contribution in [3.05, 3.63) is 60.2 Å². The van der Waals surface area contributed by atoms with Crippen molar-refractivity contribution in [1.29, 1.82) is 0 Å². The van der Waals surface area contributed by atoms with E-state index in [4.69, 9.17) is 9.47 Å². The smallest absolute Gasteiger partial charge is 0.258 e. The minimum absolute atomic E-state index is 0.0380. The van der Waals surface area contributed by atoms with Gasteiger partial charge in [-0.25, -0.2) is 0 Å². The van der Waals surface area contributed by atoms with Crippen molar-refractivity contribution >= 4 is 5.91 Å². The van der Waals surface area contributed by atoms with Crippen molar-refractivity contribution < 1.29 is 14.3 Å². The molecule has 3 rings (SSSR count). The molecule has 5 heteroatoms. The molecule has 1 N–H and O–H groups in total. The van der Waals surface area contributed by atoms with Crippen LogP contribution in [-0.4, -0.2) is 44.2 Å². The molecule has 138 valence electrons. The van der Waals surface area contributed by atoms with Gasteiger partial charge in [-0.2, -0.15) is 0 Å². The average molecular weight is 354 g/mol. The van der Waals surface area contributed by atoms with Crippen molar-refractivity contribution in [2.45, 2.75) is 18.9 Å². The summed E-state index contributed by atoms with van der Waals surface area (Å²) in [6.07, 6.45) is 2.46. The topological polar surface area (TPSA) is 50.8 Å². The fourth-order valence-corrected chi connectivity index (χ4v) is 3.26. The number of benzene rings is 2. The summed E-state index contributed by atoms with van der Waals surface area (Å²) in [4.78, 5) is 14.9. The Labute approximate surface area is 154 Å². The summed E-state index contributed by atoms with van der Waals surface area (Å²) in [6.45, 7) is 2.97. The number of para-hydroxylation sites is 2. The number of carbonyl (C=O) groups excluding carboxylic acids is 1. The molecule has 1 unspecified atom stereocenters. The molecule has 0 bridgehead atoms. The zero-order valence-electron chi connectivity index (χ0n) is 15.2. The predicted molar refractivity (Wildman–Crippen MR) is 101 cm³/mol. The largest absolute Gasteiger partial charge is 0.493 e. The van der Waals surface area contributed by atoms with Crippen LogP contribution in [0.2, 0.25) is 0 Å². The summed E-state index contributed by atoms with van der Waals surface area (Å²) >= 11 is 0. The molecule has 0 radical (unpaired) electrons. The van der Waals surface area contributed by atoms with Crippen molar-refractivity contribution in [1.82, 2.24) is 10.2 Å². The highest BCUT2D eigenvalue weighted by Gasteiger charge is 2.21. The van der Waals surface area contributed by atoms with Gasteiger partial charge in [-0.15, -0.1) is 0 Å². The molecule has 2 aromatic carbocycles. The van der Waals surface area contributed by atoms with Gasteiger partial charge in [-0.1, -0.05) is 42.5 Å². The molecule has 0 aliphatic carbocycles. The Morgan fingerprint density at radius 1 is 1.04 bits per heavy atom. The molecule has 1 fully saturated rings. The monoisotopic (exact) mass is 354 g/mol. The second kappa shape index (κ2) is 9.25. The van der Waals surface area contributed by atoms with E-state index in [2.05, 4.69) is 22.3 Å². The van der Waals surface area contributed by atoms with Crippen LogP contribution in [0.3, 0.4) is 0 Å². The number of rotatable bonds is 8. The third-order valence-electron chi connectivity index (χ3n) is 4.60. The van der Waals surface area contributed by atoms with E-state index >= 15 is 0 Å². The molecular formula is C21H26N2O3. The van der Waals surface area contributed by atoms with E-state index in [9.17, 15) is 4.79 Å². The lowest BCUT2D eigenvalue weighted by Crippen LogP contribution is -2.39. The maximum atomic E-state index is 12.5. The molecule has 1 aliphatic heterocycles. The van der Waals surface area contributed by atoms with Gasteiger partial charge < -0.3 is 19.7 Å². The van der Waals surface area contributed by atoms with Crippen LogP contribution in [0.4, 0.5) is 0 Å². The summed E-state index contributed by atoms with van der Waals surface area (Å²) in [5.74, 6) is 1.06. The lowest BCUT2D eigenvalue weighted by molar-refractivity contribution is -0.124. The van der Waals surface area contributed by atoms with Gasteiger partial charge >= 0.3 is 0 Å². The molecule has 5 nitrogen and oxygen atoms in total. The molecular weight excluding hydrogens is 328 g/mol. The zero-order chi connectivity index (χ0) is 18.2. The van der Waals surface area contributed by atoms with E-state index in [1.807, 2.05) is 36.4 Å². The Balaban J connectivity index is 1.61. The van der Waals surface area contributed by atoms with Crippen LogP contribution in [0.15, 0.2) is 54.6 Å². The third-order valence-corrected chi connectivity index (χ3v) is 4.60. The fraction of sp³-hybridized carbons (Fsp3) is 0.381. The van der Waals surface area contributed by atoms with Gasteiger partial charge in [0, 0.05) is 6.54 Å². The summed E-state index contributed by atoms with van der Waals surface area (Å²) in [6, 6.07) is 17.4. The minimum atomic E-state index is -0.135. The number of ether oxygens (including phenoxy) is 2. The minimum Gasteiger partial charge on any atom is -0.493 e. The predicted octanol–water partition coefficient (Wildman–Crippen LogP) is 3.03. The van der Waals surface area contributed by atoms with Gasteiger partial charge in [0.25, 0.3) is 5.91 Å². The highest BCUT2D eigenvalue weighted by Crippen LogP contribution is 2.25. The Kier molecular flexibility index (Phi) is 6.50. The maximum Gasteiger partial charge on any atom is 0.258 e.